The van der Waals surface area contributed by atoms with Crippen LogP contribution in [0, 0.1) is 0 Å². The van der Waals surface area contributed by atoms with Crippen molar-refractivity contribution < 1.29 is 0 Å². The van der Waals surface area contributed by atoms with Crippen LogP contribution in [0.2, 0.25) is 0 Å². The van der Waals surface area contributed by atoms with Gasteiger partial charge in [-0.15, -0.1) is 0 Å². The molecule has 0 aliphatic rings. The van der Waals surface area contributed by atoms with Gasteiger partial charge in [0.2, 0.25) is 5.95 Å². The molecular weight excluding hydrogens is 202 g/mol. The summed E-state index contributed by atoms with van der Waals surface area (Å²) in [7, 11) is 4.08. The fraction of sp³-hybridized carbons (Fsp3) is 0.636. The molecule has 5 heteroatoms. The number of aromatic nitrogens is 2. The van der Waals surface area contributed by atoms with E-state index >= 15 is 0 Å². The summed E-state index contributed by atoms with van der Waals surface area (Å²) in [6.45, 7) is 5.98. The van der Waals surface area contributed by atoms with E-state index in [0.717, 1.165) is 18.9 Å². The Morgan fingerprint density at radius 3 is 2.75 bits per heavy atom. The van der Waals surface area contributed by atoms with Crippen molar-refractivity contribution in [1.29, 1.82) is 0 Å². The smallest absolute Gasteiger partial charge is 0.224 e. The molecule has 0 atom stereocenters. The Kier molecular flexibility index (Phi) is 4.98. The van der Waals surface area contributed by atoms with Gasteiger partial charge in [0.15, 0.2) is 0 Å². The second kappa shape index (κ2) is 6.27. The van der Waals surface area contributed by atoms with Gasteiger partial charge < -0.3 is 15.5 Å². The van der Waals surface area contributed by atoms with E-state index < -0.39 is 0 Å². The summed E-state index contributed by atoms with van der Waals surface area (Å²) in [6.07, 6.45) is 1.76. The van der Waals surface area contributed by atoms with E-state index in [1.165, 1.54) is 0 Å². The molecule has 0 radical (unpaired) electrons. The van der Waals surface area contributed by atoms with Crippen molar-refractivity contribution >= 4 is 11.8 Å². The minimum Gasteiger partial charge on any atom is -0.368 e. The number of likely N-dealkylation sites (N-methyl/N-ethyl adjacent to an activating group) is 1. The predicted molar refractivity (Wildman–Crippen MR) is 67.8 cm³/mol. The molecular formula is C11H21N5. The molecule has 0 aliphatic carbocycles. The molecule has 1 aromatic rings. The molecule has 0 saturated heterocycles. The van der Waals surface area contributed by atoms with Crippen LogP contribution in [0.25, 0.3) is 0 Å². The van der Waals surface area contributed by atoms with E-state index in [4.69, 9.17) is 0 Å². The Balaban J connectivity index is 2.47. The van der Waals surface area contributed by atoms with E-state index in [1.54, 1.807) is 6.20 Å². The maximum absolute atomic E-state index is 4.36. The van der Waals surface area contributed by atoms with Crippen LogP contribution in [0.5, 0.6) is 0 Å². The van der Waals surface area contributed by atoms with E-state index in [0.29, 0.717) is 12.0 Å². The second-order valence-electron chi connectivity index (χ2n) is 4.29. The van der Waals surface area contributed by atoms with Crippen molar-refractivity contribution in [3.63, 3.8) is 0 Å². The van der Waals surface area contributed by atoms with Gasteiger partial charge in [0.05, 0.1) is 0 Å². The van der Waals surface area contributed by atoms with Crippen LogP contribution < -0.4 is 10.6 Å². The molecule has 0 unspecified atom stereocenters. The lowest BCUT2D eigenvalue weighted by Crippen LogP contribution is -2.21. The van der Waals surface area contributed by atoms with Crippen molar-refractivity contribution in [3.05, 3.63) is 12.3 Å². The van der Waals surface area contributed by atoms with E-state index in [9.17, 15) is 0 Å². The lowest BCUT2D eigenvalue weighted by Gasteiger charge is -2.12. The standard InChI is InChI=1S/C11H21N5/c1-9(2)14-10-5-6-12-11(15-10)13-7-8-16(3)4/h5-6,9H,7-8H2,1-4H3,(H2,12,13,14,15). The minimum atomic E-state index is 0.379. The Labute approximate surface area is 97.3 Å². The molecule has 5 nitrogen and oxygen atoms in total. The van der Waals surface area contributed by atoms with Crippen LogP contribution in [0.4, 0.5) is 11.8 Å². The number of nitrogens with zero attached hydrogens (tertiary/aromatic N) is 3. The van der Waals surface area contributed by atoms with Crippen molar-refractivity contribution in [1.82, 2.24) is 14.9 Å². The maximum atomic E-state index is 4.36. The Morgan fingerprint density at radius 1 is 1.38 bits per heavy atom. The highest BCUT2D eigenvalue weighted by Crippen LogP contribution is 2.06. The first kappa shape index (κ1) is 12.7. The van der Waals surface area contributed by atoms with Crippen molar-refractivity contribution in [2.45, 2.75) is 19.9 Å². The summed E-state index contributed by atoms with van der Waals surface area (Å²) < 4.78 is 0. The Bertz CT molecular complexity index is 311. The lowest BCUT2D eigenvalue weighted by molar-refractivity contribution is 0.425. The number of rotatable bonds is 6. The van der Waals surface area contributed by atoms with Crippen LogP contribution in [0.1, 0.15) is 13.8 Å². The maximum Gasteiger partial charge on any atom is 0.224 e. The van der Waals surface area contributed by atoms with Crippen LogP contribution in [0.3, 0.4) is 0 Å². The molecule has 0 saturated carbocycles. The van der Waals surface area contributed by atoms with Crippen LogP contribution in [0.15, 0.2) is 12.3 Å². The summed E-state index contributed by atoms with van der Waals surface area (Å²) >= 11 is 0. The molecule has 0 aromatic carbocycles. The van der Waals surface area contributed by atoms with Gasteiger partial charge >= 0.3 is 0 Å². The first-order valence-electron chi connectivity index (χ1n) is 5.56. The molecule has 0 fully saturated rings. The zero-order valence-corrected chi connectivity index (χ0v) is 10.5. The van der Waals surface area contributed by atoms with E-state index in [1.807, 2.05) is 20.2 Å². The molecule has 0 amide bonds. The van der Waals surface area contributed by atoms with Crippen LogP contribution in [-0.4, -0.2) is 48.1 Å². The highest BCUT2D eigenvalue weighted by atomic mass is 15.2. The summed E-state index contributed by atoms with van der Waals surface area (Å²) in [5, 5.41) is 6.43. The highest BCUT2D eigenvalue weighted by molar-refractivity contribution is 5.39. The molecule has 1 aromatic heterocycles. The van der Waals surface area contributed by atoms with Gasteiger partial charge in [-0.3, -0.25) is 0 Å². The molecule has 16 heavy (non-hydrogen) atoms. The highest BCUT2D eigenvalue weighted by Gasteiger charge is 2.00. The number of anilines is 2. The third-order valence-electron chi connectivity index (χ3n) is 1.93. The Hall–Kier alpha value is -1.36. The average Bonchev–Trinajstić information content (AvgIpc) is 2.16. The quantitative estimate of drug-likeness (QED) is 0.760. The minimum absolute atomic E-state index is 0.379. The largest absolute Gasteiger partial charge is 0.368 e. The van der Waals surface area contributed by atoms with E-state index in [2.05, 4.69) is 39.3 Å². The molecule has 0 bridgehead atoms. The molecule has 0 aliphatic heterocycles. The zero-order chi connectivity index (χ0) is 12.0. The predicted octanol–water partition coefficient (Wildman–Crippen LogP) is 1.27. The Morgan fingerprint density at radius 2 is 2.12 bits per heavy atom. The third-order valence-corrected chi connectivity index (χ3v) is 1.93. The summed E-state index contributed by atoms with van der Waals surface area (Å²) in [4.78, 5) is 10.6. The van der Waals surface area contributed by atoms with Gasteiger partial charge in [-0.1, -0.05) is 0 Å². The molecule has 1 heterocycles. The fourth-order valence-electron chi connectivity index (χ4n) is 1.21. The van der Waals surface area contributed by atoms with Gasteiger partial charge in [-0.2, -0.15) is 4.98 Å². The van der Waals surface area contributed by atoms with Gasteiger partial charge in [-0.25, -0.2) is 4.98 Å². The van der Waals surface area contributed by atoms with E-state index in [-0.39, 0.29) is 0 Å². The molecule has 90 valence electrons. The number of nitrogens with one attached hydrogen (secondary N) is 2. The van der Waals surface area contributed by atoms with Crippen molar-refractivity contribution in [2.24, 2.45) is 0 Å². The van der Waals surface area contributed by atoms with Gasteiger partial charge in [-0.05, 0) is 34.0 Å². The first-order chi connectivity index (χ1) is 7.58. The molecule has 2 N–H and O–H groups in total. The van der Waals surface area contributed by atoms with Crippen molar-refractivity contribution in [3.8, 4) is 0 Å². The third kappa shape index (κ3) is 4.93. The number of hydrogen-bond donors (Lipinski definition) is 2. The van der Waals surface area contributed by atoms with Crippen molar-refractivity contribution in [2.75, 3.05) is 37.8 Å². The average molecular weight is 223 g/mol. The lowest BCUT2D eigenvalue weighted by atomic mass is 10.4. The monoisotopic (exact) mass is 223 g/mol. The first-order valence-corrected chi connectivity index (χ1v) is 5.56. The van der Waals surface area contributed by atoms with Gasteiger partial charge in [0.25, 0.3) is 0 Å². The summed E-state index contributed by atoms with van der Waals surface area (Å²) in [5.74, 6) is 1.53. The van der Waals surface area contributed by atoms with Gasteiger partial charge in [0.1, 0.15) is 5.82 Å². The SMILES string of the molecule is CC(C)Nc1ccnc(NCCN(C)C)n1. The molecule has 0 spiro atoms. The second-order valence-corrected chi connectivity index (χ2v) is 4.29. The van der Waals surface area contributed by atoms with Crippen LogP contribution >= 0.6 is 0 Å². The van der Waals surface area contributed by atoms with Crippen LogP contribution in [-0.2, 0) is 0 Å². The fourth-order valence-corrected chi connectivity index (χ4v) is 1.21. The topological polar surface area (TPSA) is 53.1 Å². The van der Waals surface area contributed by atoms with Gasteiger partial charge in [0, 0.05) is 25.3 Å². The normalized spacial score (nSPS) is 10.9. The number of hydrogen-bond acceptors (Lipinski definition) is 5. The molecule has 1 rings (SSSR count). The summed E-state index contributed by atoms with van der Waals surface area (Å²) in [6, 6.07) is 2.25. The zero-order valence-electron chi connectivity index (χ0n) is 10.5. The summed E-state index contributed by atoms with van der Waals surface area (Å²) in [5.41, 5.74) is 0.